The monoisotopic (exact) mass is 672 g/mol. The van der Waals surface area contributed by atoms with Crippen LogP contribution in [0.3, 0.4) is 0 Å². The summed E-state index contributed by atoms with van der Waals surface area (Å²) >= 11 is 1.88. The number of thiophene rings is 1. The molecule has 51 heavy (non-hydrogen) atoms. The zero-order valence-corrected chi connectivity index (χ0v) is 29.2. The van der Waals surface area contributed by atoms with Crippen LogP contribution in [0.15, 0.2) is 169 Å². The molecule has 11 rings (SSSR count). The highest BCUT2D eigenvalue weighted by Crippen LogP contribution is 2.51. The van der Waals surface area contributed by atoms with E-state index in [2.05, 4.69) is 161 Å². The number of hydrogen-bond acceptors (Lipinski definition) is 2. The van der Waals surface area contributed by atoms with Crippen LogP contribution in [0.4, 0.5) is 11.4 Å². The number of nitrogens with zero attached hydrogens (tertiary/aromatic N) is 2. The molecule has 0 bridgehead atoms. The first-order valence-electron chi connectivity index (χ1n) is 18.3. The number of para-hydroxylation sites is 1. The Hall–Kier alpha value is -5.64. The van der Waals surface area contributed by atoms with Gasteiger partial charge in [0, 0.05) is 59.6 Å². The Bertz CT molecular complexity index is 2770. The van der Waals surface area contributed by atoms with Crippen molar-refractivity contribution in [1.82, 2.24) is 4.57 Å². The summed E-state index contributed by atoms with van der Waals surface area (Å²) in [6, 6.07) is 38.9. The van der Waals surface area contributed by atoms with E-state index in [1.807, 2.05) is 11.3 Å². The van der Waals surface area contributed by atoms with Crippen LogP contribution in [0.25, 0.3) is 58.8 Å². The fourth-order valence-electron chi connectivity index (χ4n) is 9.05. The second-order valence-corrected chi connectivity index (χ2v) is 15.4. The van der Waals surface area contributed by atoms with Gasteiger partial charge in [-0.25, -0.2) is 0 Å². The molecule has 244 valence electrons. The van der Waals surface area contributed by atoms with Crippen molar-refractivity contribution in [3.8, 4) is 11.1 Å². The lowest BCUT2D eigenvalue weighted by Gasteiger charge is -2.31. The predicted molar refractivity (Wildman–Crippen MR) is 219 cm³/mol. The van der Waals surface area contributed by atoms with E-state index in [1.165, 1.54) is 92.6 Å². The van der Waals surface area contributed by atoms with Crippen molar-refractivity contribution >= 4 is 70.4 Å². The standard InChI is InChI=1S/C48H36N2S/c1-2-10-31(11-3-1)32-18-23-35(24-19-32)49(36-25-20-33(21-26-36)34-22-27-47-41(28-34)40-14-6-9-17-46(40)51-47)37-29-42-38-12-4-7-15-44(38)50-45-16-8-5-13-39(45)43(30-37)48(42)50/h1-2,4-10,12,14-18,20-23,25-30,39H,3,11,13,19,24H2. The number of benzene rings is 5. The van der Waals surface area contributed by atoms with Crippen molar-refractivity contribution in [1.29, 1.82) is 0 Å². The van der Waals surface area contributed by atoms with Crippen LogP contribution in [-0.2, 0) is 0 Å². The fourth-order valence-corrected chi connectivity index (χ4v) is 10.1. The van der Waals surface area contributed by atoms with Gasteiger partial charge in [-0.2, -0.15) is 0 Å². The molecule has 3 heterocycles. The Labute approximate surface area is 301 Å². The smallest absolute Gasteiger partial charge is 0.0578 e. The van der Waals surface area contributed by atoms with Crippen molar-refractivity contribution in [3.63, 3.8) is 0 Å². The normalized spacial score (nSPS) is 17.9. The summed E-state index contributed by atoms with van der Waals surface area (Å²) < 4.78 is 5.22. The number of hydrogen-bond donors (Lipinski definition) is 0. The molecule has 3 heteroatoms. The minimum Gasteiger partial charge on any atom is -0.314 e. The lowest BCUT2D eigenvalue weighted by atomic mass is 9.89. The van der Waals surface area contributed by atoms with E-state index in [0.29, 0.717) is 5.92 Å². The number of anilines is 2. The molecular weight excluding hydrogens is 637 g/mol. The van der Waals surface area contributed by atoms with Gasteiger partial charge in [0.2, 0.25) is 0 Å². The van der Waals surface area contributed by atoms with Crippen LogP contribution in [0, 0.1) is 0 Å². The third-order valence-electron chi connectivity index (χ3n) is 11.5. The van der Waals surface area contributed by atoms with Crippen molar-refractivity contribution in [3.05, 3.63) is 174 Å². The highest BCUT2D eigenvalue weighted by molar-refractivity contribution is 7.25. The van der Waals surface area contributed by atoms with Gasteiger partial charge in [0.05, 0.1) is 11.0 Å². The first-order valence-corrected chi connectivity index (χ1v) is 19.1. The SMILES string of the molecule is C1=CCCC(C2=CC=C(N(c3ccc(-c4ccc5sc6ccccc6c5c4)cc3)c3cc4c5c(c3)c3ccccc3n5C3=CC=CCC34)CC2)=C1. The number of allylic oxidation sites excluding steroid dienone is 12. The van der Waals surface area contributed by atoms with Crippen LogP contribution >= 0.6 is 11.3 Å². The molecule has 0 spiro atoms. The van der Waals surface area contributed by atoms with Gasteiger partial charge in [-0.15, -0.1) is 11.3 Å². The summed E-state index contributed by atoms with van der Waals surface area (Å²) in [6.45, 7) is 0. The van der Waals surface area contributed by atoms with E-state index in [1.54, 1.807) is 0 Å². The third-order valence-corrected chi connectivity index (χ3v) is 12.6. The molecule has 0 radical (unpaired) electrons. The van der Waals surface area contributed by atoms with Gasteiger partial charge in [0.1, 0.15) is 0 Å². The Morgan fingerprint density at radius 3 is 2.25 bits per heavy atom. The molecule has 5 aromatic carbocycles. The van der Waals surface area contributed by atoms with Gasteiger partial charge in [0.15, 0.2) is 0 Å². The van der Waals surface area contributed by atoms with Gasteiger partial charge in [-0.3, -0.25) is 0 Å². The van der Waals surface area contributed by atoms with E-state index in [4.69, 9.17) is 0 Å². The van der Waals surface area contributed by atoms with Gasteiger partial charge in [-0.05, 0) is 121 Å². The van der Waals surface area contributed by atoms with Crippen LogP contribution in [0.5, 0.6) is 0 Å². The van der Waals surface area contributed by atoms with E-state index in [9.17, 15) is 0 Å². The minimum absolute atomic E-state index is 0.377. The Morgan fingerprint density at radius 2 is 1.39 bits per heavy atom. The molecule has 2 aromatic heterocycles. The van der Waals surface area contributed by atoms with Crippen LogP contribution in [-0.4, -0.2) is 4.57 Å². The molecule has 0 fully saturated rings. The zero-order valence-electron chi connectivity index (χ0n) is 28.3. The van der Waals surface area contributed by atoms with Gasteiger partial charge in [-0.1, -0.05) is 91.1 Å². The summed E-state index contributed by atoms with van der Waals surface area (Å²) in [5.41, 5.74) is 14.8. The second-order valence-electron chi connectivity index (χ2n) is 14.3. The van der Waals surface area contributed by atoms with Crippen molar-refractivity contribution < 1.29 is 0 Å². The largest absolute Gasteiger partial charge is 0.314 e. The van der Waals surface area contributed by atoms with Crippen molar-refractivity contribution in [2.45, 2.75) is 38.0 Å². The van der Waals surface area contributed by atoms with Crippen LogP contribution in [0.1, 0.15) is 43.6 Å². The molecule has 1 atom stereocenters. The molecule has 3 aliphatic carbocycles. The number of rotatable bonds is 5. The molecule has 0 saturated heterocycles. The Kier molecular flexibility index (Phi) is 6.54. The van der Waals surface area contributed by atoms with Crippen molar-refractivity contribution in [2.24, 2.45) is 0 Å². The fraction of sp³-hybridized carbons (Fsp3) is 0.125. The lowest BCUT2D eigenvalue weighted by molar-refractivity contribution is 0.849. The first-order chi connectivity index (χ1) is 25.3. The highest BCUT2D eigenvalue weighted by atomic mass is 32.1. The lowest BCUT2D eigenvalue weighted by Crippen LogP contribution is -2.18. The molecule has 7 aromatic rings. The topological polar surface area (TPSA) is 8.17 Å². The summed E-state index contributed by atoms with van der Waals surface area (Å²) in [5, 5.41) is 5.36. The summed E-state index contributed by atoms with van der Waals surface area (Å²) in [7, 11) is 0. The number of aromatic nitrogens is 1. The molecule has 0 saturated carbocycles. The first kappa shape index (κ1) is 29.1. The zero-order chi connectivity index (χ0) is 33.5. The summed E-state index contributed by atoms with van der Waals surface area (Å²) in [6.07, 6.45) is 23.9. The molecule has 4 aliphatic rings. The summed E-state index contributed by atoms with van der Waals surface area (Å²) in [4.78, 5) is 2.55. The maximum absolute atomic E-state index is 2.55. The molecule has 1 aliphatic heterocycles. The van der Waals surface area contributed by atoms with E-state index in [0.717, 1.165) is 32.1 Å². The quantitative estimate of drug-likeness (QED) is 0.177. The molecular formula is C48H36N2S. The van der Waals surface area contributed by atoms with E-state index >= 15 is 0 Å². The molecule has 1 unspecified atom stereocenters. The second kappa shape index (κ2) is 11.4. The highest BCUT2D eigenvalue weighted by Gasteiger charge is 2.33. The Balaban J connectivity index is 1.06. The van der Waals surface area contributed by atoms with Gasteiger partial charge < -0.3 is 9.47 Å². The third kappa shape index (κ3) is 4.54. The number of fused-ring (bicyclic) bond motifs is 9. The minimum atomic E-state index is 0.377. The van der Waals surface area contributed by atoms with E-state index < -0.39 is 0 Å². The molecule has 2 nitrogen and oxygen atoms in total. The summed E-state index contributed by atoms with van der Waals surface area (Å²) in [5.74, 6) is 0.377. The van der Waals surface area contributed by atoms with Crippen LogP contribution < -0.4 is 4.90 Å². The predicted octanol–water partition coefficient (Wildman–Crippen LogP) is 13.7. The average Bonchev–Trinajstić information content (AvgIpc) is 3.85. The maximum Gasteiger partial charge on any atom is 0.0578 e. The molecule has 0 N–H and O–H groups in total. The van der Waals surface area contributed by atoms with Gasteiger partial charge >= 0.3 is 0 Å². The van der Waals surface area contributed by atoms with Crippen LogP contribution in [0.2, 0.25) is 0 Å². The average molecular weight is 673 g/mol. The Morgan fingerprint density at radius 1 is 0.588 bits per heavy atom. The molecule has 0 amide bonds. The maximum atomic E-state index is 2.55. The van der Waals surface area contributed by atoms with Gasteiger partial charge in [0.25, 0.3) is 0 Å². The van der Waals surface area contributed by atoms with E-state index in [-0.39, 0.29) is 0 Å². The van der Waals surface area contributed by atoms with Crippen molar-refractivity contribution in [2.75, 3.05) is 4.90 Å².